The average Bonchev–Trinajstić information content (AvgIpc) is 3.35. The standard InChI is InChI=1S/C33H30Cl3N3O/c1-33(2,3)24-13-9-23(10-14-24)32(40)38(28-7-5-4-6-8-28)21-27-20-31(22-11-15-25(34)16-12-22)39(37-27)30-18-17-26(35)19-29(30)36/h4-19,31H,20-21H2,1-3H3. The first kappa shape index (κ1) is 28.2. The first-order valence-electron chi connectivity index (χ1n) is 13.1. The lowest BCUT2D eigenvalue weighted by Gasteiger charge is -2.25. The third-order valence-corrected chi connectivity index (χ3v) is 7.83. The van der Waals surface area contributed by atoms with E-state index in [0.717, 1.165) is 22.6 Å². The van der Waals surface area contributed by atoms with Crippen molar-refractivity contribution in [1.82, 2.24) is 0 Å². The number of hydrogen-bond acceptors (Lipinski definition) is 3. The molecule has 0 fully saturated rings. The number of rotatable bonds is 6. The van der Waals surface area contributed by atoms with Crippen molar-refractivity contribution in [3.63, 3.8) is 0 Å². The maximum absolute atomic E-state index is 13.9. The summed E-state index contributed by atoms with van der Waals surface area (Å²) in [6.45, 7) is 6.81. The summed E-state index contributed by atoms with van der Waals surface area (Å²) in [6.07, 6.45) is 0.611. The molecule has 4 aromatic rings. The molecule has 0 saturated heterocycles. The van der Waals surface area contributed by atoms with Crippen LogP contribution >= 0.6 is 34.8 Å². The van der Waals surface area contributed by atoms with E-state index in [1.807, 2.05) is 89.9 Å². The highest BCUT2D eigenvalue weighted by molar-refractivity contribution is 6.36. The number of carbonyl (C=O) groups is 1. The van der Waals surface area contributed by atoms with Gasteiger partial charge in [0.15, 0.2) is 0 Å². The van der Waals surface area contributed by atoms with Crippen molar-refractivity contribution in [1.29, 1.82) is 0 Å². The molecule has 1 aliphatic rings. The summed E-state index contributed by atoms with van der Waals surface area (Å²) in [4.78, 5) is 15.7. The van der Waals surface area contributed by atoms with Gasteiger partial charge in [-0.05, 0) is 71.1 Å². The van der Waals surface area contributed by atoms with Crippen LogP contribution in [-0.2, 0) is 5.41 Å². The van der Waals surface area contributed by atoms with Gasteiger partial charge in [-0.2, -0.15) is 5.10 Å². The topological polar surface area (TPSA) is 35.9 Å². The summed E-state index contributed by atoms with van der Waals surface area (Å²) < 4.78 is 0. The second kappa shape index (κ2) is 11.7. The van der Waals surface area contributed by atoms with Crippen LogP contribution in [0.15, 0.2) is 102 Å². The average molecular weight is 591 g/mol. The van der Waals surface area contributed by atoms with E-state index in [1.54, 1.807) is 17.0 Å². The summed E-state index contributed by atoms with van der Waals surface area (Å²) >= 11 is 19.0. The molecule has 1 unspecified atom stereocenters. The Morgan fingerprint density at radius 2 is 1.52 bits per heavy atom. The summed E-state index contributed by atoms with van der Waals surface area (Å²) in [5.41, 5.74) is 5.26. The molecule has 204 valence electrons. The van der Waals surface area contributed by atoms with Gasteiger partial charge in [0.05, 0.1) is 29.0 Å². The second-order valence-corrected chi connectivity index (χ2v) is 12.2. The van der Waals surface area contributed by atoms with E-state index in [0.29, 0.717) is 33.6 Å². The van der Waals surface area contributed by atoms with Gasteiger partial charge in [0.1, 0.15) is 0 Å². The van der Waals surface area contributed by atoms with Crippen LogP contribution in [0.1, 0.15) is 54.7 Å². The van der Waals surface area contributed by atoms with Gasteiger partial charge in [-0.3, -0.25) is 9.80 Å². The number of para-hydroxylation sites is 1. The number of anilines is 2. The lowest BCUT2D eigenvalue weighted by Crippen LogP contribution is -2.35. The van der Waals surface area contributed by atoms with Crippen LogP contribution in [0.5, 0.6) is 0 Å². The quantitative estimate of drug-likeness (QED) is 0.224. The monoisotopic (exact) mass is 589 g/mol. The highest BCUT2D eigenvalue weighted by Crippen LogP contribution is 2.40. The molecule has 5 rings (SSSR count). The van der Waals surface area contributed by atoms with E-state index < -0.39 is 0 Å². The second-order valence-electron chi connectivity index (χ2n) is 10.9. The van der Waals surface area contributed by atoms with Crippen LogP contribution < -0.4 is 9.91 Å². The predicted molar refractivity (Wildman–Crippen MR) is 168 cm³/mol. The van der Waals surface area contributed by atoms with Crippen LogP contribution in [0.25, 0.3) is 0 Å². The Balaban J connectivity index is 1.50. The van der Waals surface area contributed by atoms with Crippen molar-refractivity contribution in [2.24, 2.45) is 5.10 Å². The third-order valence-electron chi connectivity index (χ3n) is 7.04. The number of carbonyl (C=O) groups excluding carboxylic acids is 1. The minimum absolute atomic E-state index is 0.00233. The third kappa shape index (κ3) is 6.20. The molecule has 1 amide bonds. The smallest absolute Gasteiger partial charge is 0.258 e. The number of benzene rings is 4. The maximum Gasteiger partial charge on any atom is 0.258 e. The van der Waals surface area contributed by atoms with Gasteiger partial charge in [0.2, 0.25) is 0 Å². The molecule has 0 spiro atoms. The fraction of sp³-hybridized carbons (Fsp3) is 0.212. The number of hydrogen-bond donors (Lipinski definition) is 0. The van der Waals surface area contributed by atoms with Crippen LogP contribution in [-0.4, -0.2) is 18.2 Å². The number of hydrazone groups is 1. The maximum atomic E-state index is 13.9. The van der Waals surface area contributed by atoms with Crippen molar-refractivity contribution in [3.05, 3.63) is 129 Å². The Kier molecular flexibility index (Phi) is 8.23. The minimum Gasteiger partial charge on any atom is -0.303 e. The lowest BCUT2D eigenvalue weighted by atomic mass is 9.86. The highest BCUT2D eigenvalue weighted by Gasteiger charge is 2.32. The first-order valence-corrected chi connectivity index (χ1v) is 14.3. The molecule has 4 aromatic carbocycles. The van der Waals surface area contributed by atoms with Crippen molar-refractivity contribution >= 4 is 57.8 Å². The Morgan fingerprint density at radius 3 is 2.15 bits per heavy atom. The van der Waals surface area contributed by atoms with Gasteiger partial charge in [-0.15, -0.1) is 0 Å². The fourth-order valence-electron chi connectivity index (χ4n) is 4.84. The molecule has 0 bridgehead atoms. The number of halogens is 3. The van der Waals surface area contributed by atoms with Gasteiger partial charge in [-0.1, -0.05) is 98.0 Å². The number of nitrogens with zero attached hydrogens (tertiary/aromatic N) is 3. The van der Waals surface area contributed by atoms with E-state index in [9.17, 15) is 4.79 Å². The molecule has 1 aliphatic heterocycles. The van der Waals surface area contributed by atoms with E-state index in [1.165, 1.54) is 5.56 Å². The minimum atomic E-state index is -0.121. The Bertz CT molecular complexity index is 1530. The zero-order chi connectivity index (χ0) is 28.4. The number of amides is 1. The van der Waals surface area contributed by atoms with E-state index >= 15 is 0 Å². The molecular weight excluding hydrogens is 561 g/mol. The van der Waals surface area contributed by atoms with E-state index in [-0.39, 0.29) is 17.4 Å². The molecular formula is C33H30Cl3N3O. The van der Waals surface area contributed by atoms with Gasteiger partial charge in [-0.25, -0.2) is 0 Å². The largest absolute Gasteiger partial charge is 0.303 e. The van der Waals surface area contributed by atoms with Gasteiger partial charge in [0.25, 0.3) is 5.91 Å². The van der Waals surface area contributed by atoms with Crippen LogP contribution in [0, 0.1) is 0 Å². The van der Waals surface area contributed by atoms with Gasteiger partial charge < -0.3 is 4.90 Å². The lowest BCUT2D eigenvalue weighted by molar-refractivity contribution is 0.0990. The van der Waals surface area contributed by atoms with Crippen LogP contribution in [0.2, 0.25) is 15.1 Å². The summed E-state index contributed by atoms with van der Waals surface area (Å²) in [5.74, 6) is -0.0830. The van der Waals surface area contributed by atoms with Crippen molar-refractivity contribution in [2.75, 3.05) is 16.5 Å². The molecule has 0 aromatic heterocycles. The predicted octanol–water partition coefficient (Wildman–Crippen LogP) is 9.60. The van der Waals surface area contributed by atoms with Crippen LogP contribution in [0.4, 0.5) is 11.4 Å². The SMILES string of the molecule is CC(C)(C)c1ccc(C(=O)N(CC2=NN(c3ccc(Cl)cc3Cl)C(c3ccc(Cl)cc3)C2)c2ccccc2)cc1. The summed E-state index contributed by atoms with van der Waals surface area (Å²) in [5, 5.41) is 8.66. The molecule has 0 radical (unpaired) electrons. The molecule has 7 heteroatoms. The zero-order valence-electron chi connectivity index (χ0n) is 22.6. The Labute approximate surface area is 250 Å². The fourth-order valence-corrected chi connectivity index (χ4v) is 5.46. The Morgan fingerprint density at radius 1 is 0.875 bits per heavy atom. The summed E-state index contributed by atoms with van der Waals surface area (Å²) in [7, 11) is 0. The summed E-state index contributed by atoms with van der Waals surface area (Å²) in [6, 6.07) is 30.6. The molecule has 0 aliphatic carbocycles. The molecule has 1 heterocycles. The van der Waals surface area contributed by atoms with Crippen molar-refractivity contribution in [3.8, 4) is 0 Å². The molecule has 4 nitrogen and oxygen atoms in total. The Hall–Kier alpha value is -3.31. The molecule has 1 atom stereocenters. The highest BCUT2D eigenvalue weighted by atomic mass is 35.5. The van der Waals surface area contributed by atoms with Crippen molar-refractivity contribution < 1.29 is 4.79 Å². The zero-order valence-corrected chi connectivity index (χ0v) is 24.9. The van der Waals surface area contributed by atoms with Crippen LogP contribution in [0.3, 0.4) is 0 Å². The van der Waals surface area contributed by atoms with E-state index in [4.69, 9.17) is 39.9 Å². The van der Waals surface area contributed by atoms with Gasteiger partial charge in [0, 0.05) is 27.7 Å². The van der Waals surface area contributed by atoms with E-state index in [2.05, 4.69) is 20.8 Å². The molecule has 40 heavy (non-hydrogen) atoms. The normalized spacial score (nSPS) is 15.2. The van der Waals surface area contributed by atoms with Crippen molar-refractivity contribution in [2.45, 2.75) is 38.6 Å². The molecule has 0 N–H and O–H groups in total. The van der Waals surface area contributed by atoms with Gasteiger partial charge >= 0.3 is 0 Å². The first-order chi connectivity index (χ1) is 19.1. The molecule has 0 saturated carbocycles.